The Morgan fingerprint density at radius 3 is 2.41 bits per heavy atom. The zero-order chi connectivity index (χ0) is 21.0. The molecule has 2 N–H and O–H groups in total. The molecule has 7 nitrogen and oxygen atoms in total. The summed E-state index contributed by atoms with van der Waals surface area (Å²) in [6, 6.07) is 14.0. The molecule has 0 amide bonds. The largest absolute Gasteiger partial charge is 0.496 e. The number of aromatic nitrogens is 2. The molecule has 0 aliphatic heterocycles. The lowest BCUT2D eigenvalue weighted by Crippen LogP contribution is -2.16. The van der Waals surface area contributed by atoms with Crippen molar-refractivity contribution < 1.29 is 24.5 Å². The minimum absolute atomic E-state index is 0.141. The molecular weight excluding hydrogens is 372 g/mol. The Balaban J connectivity index is 2.19. The van der Waals surface area contributed by atoms with E-state index in [4.69, 9.17) is 9.47 Å². The van der Waals surface area contributed by atoms with Crippen molar-refractivity contribution in [3.05, 3.63) is 54.1 Å². The molecule has 0 radical (unpaired) electrons. The average Bonchev–Trinajstić information content (AvgIpc) is 3.16. The number of carboxylic acid groups (broad SMARTS) is 1. The summed E-state index contributed by atoms with van der Waals surface area (Å²) in [6.07, 6.45) is 0.0155. The van der Waals surface area contributed by atoms with Crippen molar-refractivity contribution in [2.45, 2.75) is 26.0 Å². The molecule has 1 aromatic heterocycles. The molecule has 3 rings (SSSR count). The number of rotatable bonds is 8. The summed E-state index contributed by atoms with van der Waals surface area (Å²) < 4.78 is 12.6. The van der Waals surface area contributed by atoms with Crippen LogP contribution in [0, 0.1) is 0 Å². The van der Waals surface area contributed by atoms with E-state index < -0.39 is 12.1 Å². The van der Waals surface area contributed by atoms with Crippen LogP contribution >= 0.6 is 0 Å². The maximum absolute atomic E-state index is 11.4. The number of para-hydroxylation sites is 1. The first-order valence-corrected chi connectivity index (χ1v) is 9.29. The van der Waals surface area contributed by atoms with Gasteiger partial charge in [0.15, 0.2) is 0 Å². The zero-order valence-electron chi connectivity index (χ0n) is 16.6. The van der Waals surface area contributed by atoms with Crippen LogP contribution in [0.15, 0.2) is 48.5 Å². The van der Waals surface area contributed by atoms with Crippen LogP contribution in [0.5, 0.6) is 11.5 Å². The standard InChI is InChI=1S/C22H24N2O5/c1-4-15(25)13-24-19(16-7-5-6-8-20(16)28-2)12-18(23-24)17-11-14(22(26)27)9-10-21(17)29-3/h5-12,15,25H,4,13H2,1-3H3,(H,26,27)/t15-/m0/s1. The summed E-state index contributed by atoms with van der Waals surface area (Å²) in [7, 11) is 3.12. The van der Waals surface area contributed by atoms with Crippen molar-refractivity contribution in [2.24, 2.45) is 0 Å². The second-order valence-corrected chi connectivity index (χ2v) is 6.58. The van der Waals surface area contributed by atoms with Gasteiger partial charge in [0, 0.05) is 11.1 Å². The molecule has 0 saturated carbocycles. The van der Waals surface area contributed by atoms with Crippen molar-refractivity contribution in [3.8, 4) is 34.0 Å². The zero-order valence-corrected chi connectivity index (χ0v) is 16.6. The molecule has 152 valence electrons. The van der Waals surface area contributed by atoms with E-state index in [0.29, 0.717) is 35.7 Å². The summed E-state index contributed by atoms with van der Waals surface area (Å²) in [6.45, 7) is 2.20. The molecule has 0 aliphatic rings. The third kappa shape index (κ3) is 4.25. The van der Waals surface area contributed by atoms with Gasteiger partial charge in [-0.25, -0.2) is 4.79 Å². The van der Waals surface area contributed by atoms with Crippen molar-refractivity contribution in [1.29, 1.82) is 0 Å². The van der Waals surface area contributed by atoms with E-state index in [9.17, 15) is 15.0 Å². The molecule has 29 heavy (non-hydrogen) atoms. The predicted molar refractivity (Wildman–Crippen MR) is 109 cm³/mol. The Bertz CT molecular complexity index is 1010. The highest BCUT2D eigenvalue weighted by molar-refractivity contribution is 5.90. The molecule has 0 saturated heterocycles. The normalized spacial score (nSPS) is 11.9. The first-order chi connectivity index (χ1) is 14.0. The fourth-order valence-electron chi connectivity index (χ4n) is 3.13. The summed E-state index contributed by atoms with van der Waals surface area (Å²) in [4.78, 5) is 11.4. The second kappa shape index (κ2) is 8.79. The lowest BCUT2D eigenvalue weighted by molar-refractivity contribution is 0.0697. The van der Waals surface area contributed by atoms with Crippen molar-refractivity contribution in [2.75, 3.05) is 14.2 Å². The van der Waals surface area contributed by atoms with Crippen LogP contribution in [0.4, 0.5) is 0 Å². The number of hydrogen-bond acceptors (Lipinski definition) is 5. The number of aliphatic hydroxyl groups is 1. The van der Waals surface area contributed by atoms with Crippen LogP contribution in [0.3, 0.4) is 0 Å². The number of nitrogens with zero attached hydrogens (tertiary/aromatic N) is 2. The first-order valence-electron chi connectivity index (χ1n) is 9.29. The van der Waals surface area contributed by atoms with E-state index in [1.165, 1.54) is 19.2 Å². The quantitative estimate of drug-likeness (QED) is 0.603. The number of hydrogen-bond donors (Lipinski definition) is 2. The monoisotopic (exact) mass is 396 g/mol. The number of methoxy groups -OCH3 is 2. The van der Waals surface area contributed by atoms with Crippen molar-refractivity contribution >= 4 is 5.97 Å². The lowest BCUT2D eigenvalue weighted by Gasteiger charge is -2.13. The third-order valence-electron chi connectivity index (χ3n) is 4.74. The second-order valence-electron chi connectivity index (χ2n) is 6.58. The van der Waals surface area contributed by atoms with Crippen LogP contribution < -0.4 is 9.47 Å². The van der Waals surface area contributed by atoms with E-state index in [-0.39, 0.29) is 5.56 Å². The molecule has 7 heteroatoms. The summed E-state index contributed by atoms with van der Waals surface area (Å²) in [5, 5.41) is 24.2. The van der Waals surface area contributed by atoms with Gasteiger partial charge in [0.1, 0.15) is 11.5 Å². The average molecular weight is 396 g/mol. The third-order valence-corrected chi connectivity index (χ3v) is 4.74. The van der Waals surface area contributed by atoms with E-state index in [1.807, 2.05) is 37.3 Å². The van der Waals surface area contributed by atoms with Crippen LogP contribution in [0.1, 0.15) is 23.7 Å². The predicted octanol–water partition coefficient (Wildman–Crippen LogP) is 3.70. The van der Waals surface area contributed by atoms with E-state index in [1.54, 1.807) is 17.9 Å². The number of benzene rings is 2. The van der Waals surface area contributed by atoms with Gasteiger partial charge >= 0.3 is 5.97 Å². The topological polar surface area (TPSA) is 93.8 Å². The van der Waals surface area contributed by atoms with Crippen LogP contribution in [-0.4, -0.2) is 46.3 Å². The van der Waals surface area contributed by atoms with E-state index in [0.717, 1.165) is 11.3 Å². The van der Waals surface area contributed by atoms with Gasteiger partial charge in [0.25, 0.3) is 0 Å². The van der Waals surface area contributed by atoms with Gasteiger partial charge in [0.2, 0.25) is 0 Å². The van der Waals surface area contributed by atoms with Crippen molar-refractivity contribution in [3.63, 3.8) is 0 Å². The van der Waals surface area contributed by atoms with Gasteiger partial charge in [-0.3, -0.25) is 4.68 Å². The number of carbonyl (C=O) groups is 1. The summed E-state index contributed by atoms with van der Waals surface area (Å²) in [5.41, 5.74) is 2.84. The van der Waals surface area contributed by atoms with Gasteiger partial charge in [-0.2, -0.15) is 5.10 Å². The van der Waals surface area contributed by atoms with Gasteiger partial charge in [-0.15, -0.1) is 0 Å². The minimum Gasteiger partial charge on any atom is -0.496 e. The Kier molecular flexibility index (Phi) is 6.19. The SMILES string of the molecule is CC[C@H](O)Cn1nc(-c2cc(C(=O)O)ccc2OC)cc1-c1ccccc1OC. The van der Waals surface area contributed by atoms with Gasteiger partial charge in [-0.05, 0) is 42.8 Å². The fourth-order valence-corrected chi connectivity index (χ4v) is 3.13. The minimum atomic E-state index is -1.03. The molecule has 3 aromatic rings. The highest BCUT2D eigenvalue weighted by atomic mass is 16.5. The number of aromatic carboxylic acids is 1. The van der Waals surface area contributed by atoms with Gasteiger partial charge in [0.05, 0.1) is 43.8 Å². The number of aliphatic hydroxyl groups excluding tert-OH is 1. The summed E-state index contributed by atoms with van der Waals surface area (Å²) in [5.74, 6) is 0.166. The Labute approximate surface area is 169 Å². The highest BCUT2D eigenvalue weighted by Crippen LogP contribution is 2.36. The van der Waals surface area contributed by atoms with Crippen LogP contribution in [-0.2, 0) is 6.54 Å². The smallest absolute Gasteiger partial charge is 0.335 e. The maximum Gasteiger partial charge on any atom is 0.335 e. The van der Waals surface area contributed by atoms with Gasteiger partial charge in [-0.1, -0.05) is 19.1 Å². The Hall–Kier alpha value is -3.32. The molecular formula is C22H24N2O5. The van der Waals surface area contributed by atoms with E-state index in [2.05, 4.69) is 5.10 Å². The van der Waals surface area contributed by atoms with E-state index >= 15 is 0 Å². The molecule has 0 unspecified atom stereocenters. The molecule has 0 spiro atoms. The highest BCUT2D eigenvalue weighted by Gasteiger charge is 2.19. The Morgan fingerprint density at radius 2 is 1.76 bits per heavy atom. The molecule has 1 heterocycles. The van der Waals surface area contributed by atoms with Gasteiger partial charge < -0.3 is 19.7 Å². The van der Waals surface area contributed by atoms with Crippen LogP contribution in [0.25, 0.3) is 22.5 Å². The molecule has 1 atom stereocenters. The number of ether oxygens (including phenoxy) is 2. The first kappa shape index (κ1) is 20.4. The Morgan fingerprint density at radius 1 is 1.07 bits per heavy atom. The maximum atomic E-state index is 11.4. The summed E-state index contributed by atoms with van der Waals surface area (Å²) >= 11 is 0. The molecule has 0 fully saturated rings. The van der Waals surface area contributed by atoms with Crippen LogP contribution in [0.2, 0.25) is 0 Å². The lowest BCUT2D eigenvalue weighted by atomic mass is 10.0. The van der Waals surface area contributed by atoms with Crippen molar-refractivity contribution in [1.82, 2.24) is 9.78 Å². The molecule has 2 aromatic carbocycles. The molecule has 0 bridgehead atoms. The fraction of sp³-hybridized carbons (Fsp3) is 0.273. The number of carboxylic acids is 1. The molecule has 0 aliphatic carbocycles.